The van der Waals surface area contributed by atoms with Gasteiger partial charge in [-0.25, -0.2) is 0 Å². The van der Waals surface area contributed by atoms with E-state index >= 15 is 0 Å². The molecule has 0 aromatic carbocycles. The van der Waals surface area contributed by atoms with Crippen LogP contribution < -0.4 is 0 Å². The molecule has 0 saturated heterocycles. The lowest BCUT2D eigenvalue weighted by molar-refractivity contribution is -0.00233. The van der Waals surface area contributed by atoms with Crippen LogP contribution in [0, 0.1) is 0 Å². The Bertz CT molecular complexity index is 75.8. The molecule has 0 N–H and O–H groups in total. The summed E-state index contributed by atoms with van der Waals surface area (Å²) in [5.74, 6) is 0. The Morgan fingerprint density at radius 2 is 1.90 bits per heavy atom. The highest BCUT2D eigenvalue weighted by Crippen LogP contribution is 2.07. The van der Waals surface area contributed by atoms with Crippen LogP contribution in [0.4, 0.5) is 0 Å². The van der Waals surface area contributed by atoms with Crippen molar-refractivity contribution < 1.29 is 4.74 Å². The van der Waals surface area contributed by atoms with Gasteiger partial charge in [0.2, 0.25) is 0 Å². The fourth-order valence-electron chi connectivity index (χ4n) is 0.730. The number of ether oxygens (including phenoxy) is 1. The Morgan fingerprint density at radius 3 is 2.30 bits per heavy atom. The molecule has 1 nitrogen and oxygen atoms in total. The molecule has 10 heavy (non-hydrogen) atoms. The molecule has 0 atom stereocenters. The quantitative estimate of drug-likeness (QED) is 0.450. The highest BCUT2D eigenvalue weighted by atomic mass is 28.2. The maximum Gasteiger partial charge on any atom is 0.0598 e. The molecule has 0 aliphatic rings. The highest BCUT2D eigenvalue weighted by molar-refractivity contribution is 6.33. The average molecular weight is 160 g/mol. The molecule has 0 heterocycles. The SMILES string of the molecule is C[SiH2]CCCOC(C)(C)C. The van der Waals surface area contributed by atoms with E-state index in [-0.39, 0.29) is 15.1 Å². The van der Waals surface area contributed by atoms with E-state index in [2.05, 4.69) is 27.3 Å². The lowest BCUT2D eigenvalue weighted by atomic mass is 10.2. The van der Waals surface area contributed by atoms with E-state index in [1.165, 1.54) is 12.5 Å². The summed E-state index contributed by atoms with van der Waals surface area (Å²) < 4.78 is 5.55. The van der Waals surface area contributed by atoms with Crippen LogP contribution in [-0.2, 0) is 4.74 Å². The van der Waals surface area contributed by atoms with Crippen LogP contribution in [0.1, 0.15) is 27.2 Å². The summed E-state index contributed by atoms with van der Waals surface area (Å²) in [6.45, 7) is 9.62. The van der Waals surface area contributed by atoms with Crippen LogP contribution in [0.25, 0.3) is 0 Å². The van der Waals surface area contributed by atoms with Crippen molar-refractivity contribution in [3.63, 3.8) is 0 Å². The van der Waals surface area contributed by atoms with Crippen molar-refractivity contribution in [2.45, 2.75) is 45.4 Å². The minimum Gasteiger partial charge on any atom is -0.376 e. The van der Waals surface area contributed by atoms with Crippen molar-refractivity contribution >= 4 is 9.52 Å². The van der Waals surface area contributed by atoms with Crippen molar-refractivity contribution in [2.75, 3.05) is 6.61 Å². The van der Waals surface area contributed by atoms with Gasteiger partial charge in [-0.2, -0.15) is 0 Å². The summed E-state index contributed by atoms with van der Waals surface area (Å²) in [4.78, 5) is 0. The summed E-state index contributed by atoms with van der Waals surface area (Å²) in [5.41, 5.74) is 0.0648. The van der Waals surface area contributed by atoms with E-state index in [9.17, 15) is 0 Å². The first-order chi connectivity index (χ1) is 4.56. The first kappa shape index (κ1) is 10.2. The third-order valence-electron chi connectivity index (χ3n) is 1.28. The van der Waals surface area contributed by atoms with Gasteiger partial charge < -0.3 is 4.74 Å². The molecule has 0 fully saturated rings. The summed E-state index contributed by atoms with van der Waals surface area (Å²) in [5, 5.41) is 0. The second-order valence-electron chi connectivity index (χ2n) is 3.67. The maximum atomic E-state index is 5.55. The average Bonchev–Trinajstić information content (AvgIpc) is 1.78. The van der Waals surface area contributed by atoms with Gasteiger partial charge in [0.1, 0.15) is 0 Å². The van der Waals surface area contributed by atoms with Crippen LogP contribution in [0.5, 0.6) is 0 Å². The highest BCUT2D eigenvalue weighted by Gasteiger charge is 2.08. The van der Waals surface area contributed by atoms with Gasteiger partial charge in [0, 0.05) is 16.1 Å². The summed E-state index contributed by atoms with van der Waals surface area (Å²) in [7, 11) is 0.270. The predicted molar refractivity (Wildman–Crippen MR) is 49.5 cm³/mol. The molecule has 62 valence electrons. The zero-order chi connectivity index (χ0) is 8.04. The molecule has 0 aromatic rings. The molecule has 0 spiro atoms. The number of hydrogen-bond donors (Lipinski definition) is 0. The first-order valence-corrected chi connectivity index (χ1v) is 6.61. The fourth-order valence-corrected chi connectivity index (χ4v) is 1.43. The van der Waals surface area contributed by atoms with Gasteiger partial charge in [0.25, 0.3) is 0 Å². The van der Waals surface area contributed by atoms with E-state index < -0.39 is 0 Å². The van der Waals surface area contributed by atoms with Crippen LogP contribution in [-0.4, -0.2) is 21.7 Å². The monoisotopic (exact) mass is 160 g/mol. The Kier molecular flexibility index (Phi) is 5.00. The van der Waals surface area contributed by atoms with E-state index in [1.807, 2.05) is 0 Å². The Balaban J connectivity index is 3.04. The van der Waals surface area contributed by atoms with Gasteiger partial charge in [-0.15, -0.1) is 0 Å². The third kappa shape index (κ3) is 8.18. The molecular weight excluding hydrogens is 140 g/mol. The molecule has 0 aliphatic heterocycles. The third-order valence-corrected chi connectivity index (χ3v) is 2.49. The Labute approximate surface area is 67.0 Å². The normalized spacial score (nSPS) is 13.2. The van der Waals surface area contributed by atoms with Gasteiger partial charge in [-0.1, -0.05) is 12.6 Å². The van der Waals surface area contributed by atoms with Gasteiger partial charge in [0.15, 0.2) is 0 Å². The van der Waals surface area contributed by atoms with Crippen molar-refractivity contribution in [1.29, 1.82) is 0 Å². The smallest absolute Gasteiger partial charge is 0.0598 e. The van der Waals surface area contributed by atoms with E-state index in [0.717, 1.165) is 6.61 Å². The molecule has 0 aliphatic carbocycles. The molecule has 0 rings (SSSR count). The fraction of sp³-hybridized carbons (Fsp3) is 1.00. The summed E-state index contributed by atoms with van der Waals surface area (Å²) in [6, 6.07) is 1.43. The lowest BCUT2D eigenvalue weighted by Crippen LogP contribution is -2.19. The molecule has 0 aromatic heterocycles. The van der Waals surface area contributed by atoms with Crippen molar-refractivity contribution in [2.24, 2.45) is 0 Å². The Hall–Kier alpha value is 0.177. The number of rotatable bonds is 4. The second kappa shape index (κ2) is 4.91. The van der Waals surface area contributed by atoms with Gasteiger partial charge in [-0.05, 0) is 27.2 Å². The zero-order valence-electron chi connectivity index (χ0n) is 7.74. The van der Waals surface area contributed by atoms with E-state index in [0.29, 0.717) is 0 Å². The second-order valence-corrected chi connectivity index (χ2v) is 5.38. The molecule has 2 heteroatoms. The standard InChI is InChI=1S/C8H20OSi/c1-8(2,3)9-6-5-7-10-4/h5-7,10H2,1-4H3. The topological polar surface area (TPSA) is 9.23 Å². The first-order valence-electron chi connectivity index (χ1n) is 4.20. The van der Waals surface area contributed by atoms with E-state index in [1.54, 1.807) is 0 Å². The van der Waals surface area contributed by atoms with Gasteiger partial charge >= 0.3 is 0 Å². The van der Waals surface area contributed by atoms with Crippen molar-refractivity contribution in [3.05, 3.63) is 0 Å². The molecule has 0 bridgehead atoms. The predicted octanol–water partition coefficient (Wildman–Crippen LogP) is 1.83. The molecule has 0 unspecified atom stereocenters. The van der Waals surface area contributed by atoms with Crippen molar-refractivity contribution in [1.82, 2.24) is 0 Å². The minimum absolute atomic E-state index is 0.0648. The van der Waals surface area contributed by atoms with Gasteiger partial charge in [0.05, 0.1) is 5.60 Å². The summed E-state index contributed by atoms with van der Waals surface area (Å²) >= 11 is 0. The Morgan fingerprint density at radius 1 is 1.30 bits per heavy atom. The van der Waals surface area contributed by atoms with Crippen molar-refractivity contribution in [3.8, 4) is 0 Å². The van der Waals surface area contributed by atoms with Crippen LogP contribution in [0.2, 0.25) is 12.6 Å². The van der Waals surface area contributed by atoms with Crippen LogP contribution >= 0.6 is 0 Å². The van der Waals surface area contributed by atoms with Crippen LogP contribution in [0.3, 0.4) is 0 Å². The molecule has 0 saturated carbocycles. The largest absolute Gasteiger partial charge is 0.376 e. The minimum atomic E-state index is 0.0648. The lowest BCUT2D eigenvalue weighted by Gasteiger charge is -2.19. The van der Waals surface area contributed by atoms with E-state index in [4.69, 9.17) is 4.74 Å². The summed E-state index contributed by atoms with van der Waals surface area (Å²) in [6.07, 6.45) is 1.26. The molecule has 0 radical (unpaired) electrons. The van der Waals surface area contributed by atoms with Gasteiger partial charge in [-0.3, -0.25) is 0 Å². The van der Waals surface area contributed by atoms with Crippen LogP contribution in [0.15, 0.2) is 0 Å². The maximum absolute atomic E-state index is 5.55. The zero-order valence-corrected chi connectivity index (χ0v) is 9.15. The number of hydrogen-bond acceptors (Lipinski definition) is 1. The molecule has 0 amide bonds. The molecular formula is C8H20OSi.